The van der Waals surface area contributed by atoms with E-state index in [0.717, 1.165) is 24.9 Å². The van der Waals surface area contributed by atoms with Crippen LogP contribution in [0.3, 0.4) is 0 Å². The van der Waals surface area contributed by atoms with Gasteiger partial charge in [-0.1, -0.05) is 0 Å². The predicted octanol–water partition coefficient (Wildman–Crippen LogP) is 4.17. The van der Waals surface area contributed by atoms with E-state index in [-0.39, 0.29) is 33.7 Å². The first-order valence-electron chi connectivity index (χ1n) is 10.7. The third kappa shape index (κ3) is 5.08. The van der Waals surface area contributed by atoms with Crippen LogP contribution in [0.5, 0.6) is 5.75 Å². The van der Waals surface area contributed by atoms with Crippen molar-refractivity contribution < 1.29 is 37.4 Å². The Hall–Kier alpha value is -4.87. The molecule has 0 bridgehead atoms. The Morgan fingerprint density at radius 2 is 1.54 bits per heavy atom. The van der Waals surface area contributed by atoms with Gasteiger partial charge in [-0.05, 0) is 48.5 Å². The second-order valence-electron chi connectivity index (χ2n) is 7.63. The number of benzene rings is 2. The molecular weight excluding hydrogens is 490 g/mol. The molecule has 0 saturated heterocycles. The number of ether oxygens (including phenoxy) is 3. The van der Waals surface area contributed by atoms with E-state index in [0.29, 0.717) is 11.3 Å². The molecule has 10 nitrogen and oxygen atoms in total. The summed E-state index contributed by atoms with van der Waals surface area (Å²) >= 11 is 0. The number of aromatic nitrogens is 3. The summed E-state index contributed by atoms with van der Waals surface area (Å²) in [4.78, 5) is 41.6. The van der Waals surface area contributed by atoms with Crippen LogP contribution < -0.4 is 10.1 Å². The molecule has 0 radical (unpaired) electrons. The third-order valence-corrected chi connectivity index (χ3v) is 5.39. The van der Waals surface area contributed by atoms with Gasteiger partial charge in [0, 0.05) is 11.3 Å². The lowest BCUT2D eigenvalue weighted by Gasteiger charge is -2.10. The number of alkyl halides is 2. The summed E-state index contributed by atoms with van der Waals surface area (Å²) < 4.78 is 43.2. The molecule has 4 aromatic rings. The lowest BCUT2D eigenvalue weighted by Crippen LogP contribution is -2.15. The zero-order valence-electron chi connectivity index (χ0n) is 19.8. The van der Waals surface area contributed by atoms with Crippen LogP contribution in [-0.4, -0.2) is 53.8 Å². The van der Waals surface area contributed by atoms with Crippen molar-refractivity contribution in [1.82, 2.24) is 14.6 Å². The van der Waals surface area contributed by atoms with Crippen LogP contribution in [0.1, 0.15) is 43.2 Å². The molecule has 190 valence electrons. The monoisotopic (exact) mass is 510 g/mol. The number of halogens is 2. The normalized spacial score (nSPS) is 10.9. The molecule has 1 amide bonds. The Morgan fingerprint density at radius 1 is 0.919 bits per heavy atom. The van der Waals surface area contributed by atoms with Crippen molar-refractivity contribution >= 4 is 29.2 Å². The molecular formula is C25H20F2N4O6. The Labute approximate surface area is 208 Å². The first-order chi connectivity index (χ1) is 17.7. The maximum absolute atomic E-state index is 13.9. The topological polar surface area (TPSA) is 121 Å². The minimum absolute atomic E-state index is 0.0135. The van der Waals surface area contributed by atoms with Crippen LogP contribution in [0.25, 0.3) is 16.9 Å². The minimum atomic E-state index is -2.90. The Bertz CT molecular complexity index is 1470. The largest absolute Gasteiger partial charge is 0.497 e. The van der Waals surface area contributed by atoms with E-state index in [1.807, 2.05) is 0 Å². The Balaban J connectivity index is 1.77. The van der Waals surface area contributed by atoms with Gasteiger partial charge in [-0.25, -0.2) is 27.9 Å². The molecule has 0 aliphatic heterocycles. The highest BCUT2D eigenvalue weighted by molar-refractivity contribution is 6.09. The molecule has 0 aliphatic rings. The quantitative estimate of drug-likeness (QED) is 0.368. The first kappa shape index (κ1) is 25.2. The molecule has 4 rings (SSSR count). The van der Waals surface area contributed by atoms with Crippen LogP contribution >= 0.6 is 0 Å². The Kier molecular flexibility index (Phi) is 7.09. The minimum Gasteiger partial charge on any atom is -0.497 e. The molecule has 2 aromatic carbocycles. The van der Waals surface area contributed by atoms with Gasteiger partial charge in [0.15, 0.2) is 5.65 Å². The number of amides is 1. The SMILES string of the molecule is COC(=O)c1cc(NC(=O)c2cnn3c(C(F)F)cc(-c4ccc(OC)cc4)nc23)cc(C(=O)OC)c1. The molecule has 1 N–H and O–H groups in total. The highest BCUT2D eigenvalue weighted by Crippen LogP contribution is 2.28. The van der Waals surface area contributed by atoms with Gasteiger partial charge >= 0.3 is 11.9 Å². The summed E-state index contributed by atoms with van der Waals surface area (Å²) in [5, 5.41) is 6.47. The lowest BCUT2D eigenvalue weighted by molar-refractivity contribution is 0.0598. The number of fused-ring (bicyclic) bond motifs is 1. The molecule has 0 aliphatic carbocycles. The number of anilines is 1. The van der Waals surface area contributed by atoms with Crippen LogP contribution in [0.4, 0.5) is 14.5 Å². The van der Waals surface area contributed by atoms with Gasteiger partial charge in [0.2, 0.25) is 0 Å². The second-order valence-corrected chi connectivity index (χ2v) is 7.63. The summed E-state index contributed by atoms with van der Waals surface area (Å²) in [7, 11) is 3.83. The number of nitrogens with zero attached hydrogens (tertiary/aromatic N) is 3. The summed E-state index contributed by atoms with van der Waals surface area (Å²) in [6, 6.07) is 11.6. The molecule has 2 heterocycles. The van der Waals surface area contributed by atoms with Gasteiger partial charge in [-0.15, -0.1) is 0 Å². The highest BCUT2D eigenvalue weighted by atomic mass is 19.3. The second kappa shape index (κ2) is 10.4. The van der Waals surface area contributed by atoms with Crippen LogP contribution in [0.15, 0.2) is 54.7 Å². The van der Waals surface area contributed by atoms with Crippen molar-refractivity contribution in [3.63, 3.8) is 0 Å². The fourth-order valence-corrected chi connectivity index (χ4v) is 3.58. The molecule has 0 fully saturated rings. The molecule has 12 heteroatoms. The van der Waals surface area contributed by atoms with Crippen molar-refractivity contribution in [2.24, 2.45) is 0 Å². The van der Waals surface area contributed by atoms with Gasteiger partial charge in [0.1, 0.15) is 17.0 Å². The van der Waals surface area contributed by atoms with Gasteiger partial charge < -0.3 is 19.5 Å². The molecule has 0 unspecified atom stereocenters. The average molecular weight is 510 g/mol. The Morgan fingerprint density at radius 3 is 2.08 bits per heavy atom. The van der Waals surface area contributed by atoms with Crippen molar-refractivity contribution in [2.45, 2.75) is 6.43 Å². The zero-order chi connectivity index (χ0) is 26.7. The van der Waals surface area contributed by atoms with E-state index in [1.54, 1.807) is 24.3 Å². The standard InChI is InChI=1S/C25H20F2N4O6/c1-35-17-6-4-13(5-7-17)19-11-20(21(26)27)31-22(30-19)18(12-28-31)23(32)29-16-9-14(24(33)36-2)8-15(10-16)25(34)37-3/h4-12,21H,1-3H3,(H,29,32). The molecule has 2 aromatic heterocycles. The van der Waals surface area contributed by atoms with Crippen LogP contribution in [0, 0.1) is 0 Å². The van der Waals surface area contributed by atoms with E-state index >= 15 is 0 Å². The summed E-state index contributed by atoms with van der Waals surface area (Å²) in [5.74, 6) is -1.68. The average Bonchev–Trinajstić information content (AvgIpc) is 3.35. The molecule has 37 heavy (non-hydrogen) atoms. The predicted molar refractivity (Wildman–Crippen MR) is 127 cm³/mol. The van der Waals surface area contributed by atoms with E-state index in [9.17, 15) is 23.2 Å². The first-order valence-corrected chi connectivity index (χ1v) is 10.7. The fourth-order valence-electron chi connectivity index (χ4n) is 3.58. The van der Waals surface area contributed by atoms with Gasteiger partial charge in [0.05, 0.1) is 44.3 Å². The number of rotatable bonds is 7. The number of methoxy groups -OCH3 is 3. The van der Waals surface area contributed by atoms with Crippen LogP contribution in [-0.2, 0) is 9.47 Å². The third-order valence-electron chi connectivity index (χ3n) is 5.39. The summed E-state index contributed by atoms with van der Waals surface area (Å²) in [6.45, 7) is 0. The van der Waals surface area contributed by atoms with Crippen molar-refractivity contribution in [1.29, 1.82) is 0 Å². The number of hydrogen-bond acceptors (Lipinski definition) is 8. The van der Waals surface area contributed by atoms with Crippen molar-refractivity contribution in [3.05, 3.63) is 77.1 Å². The molecule has 0 atom stereocenters. The summed E-state index contributed by atoms with van der Waals surface area (Å²) in [6.07, 6.45) is -1.80. The zero-order valence-corrected chi connectivity index (χ0v) is 19.8. The molecule has 0 saturated carbocycles. The summed E-state index contributed by atoms with van der Waals surface area (Å²) in [5.41, 5.74) is 0.0650. The fraction of sp³-hybridized carbons (Fsp3) is 0.160. The number of carbonyl (C=O) groups excluding carboxylic acids is 3. The number of nitrogens with one attached hydrogen (secondary N) is 1. The van der Waals surface area contributed by atoms with Crippen molar-refractivity contribution in [3.8, 4) is 17.0 Å². The van der Waals surface area contributed by atoms with Gasteiger partial charge in [-0.2, -0.15) is 5.10 Å². The van der Waals surface area contributed by atoms with Crippen LogP contribution in [0.2, 0.25) is 0 Å². The number of hydrogen-bond donors (Lipinski definition) is 1. The maximum atomic E-state index is 13.9. The lowest BCUT2D eigenvalue weighted by atomic mass is 10.1. The van der Waals surface area contributed by atoms with E-state index < -0.39 is 30.0 Å². The number of carbonyl (C=O) groups is 3. The maximum Gasteiger partial charge on any atom is 0.337 e. The smallest absolute Gasteiger partial charge is 0.337 e. The highest BCUT2D eigenvalue weighted by Gasteiger charge is 2.23. The van der Waals surface area contributed by atoms with E-state index in [1.165, 1.54) is 31.4 Å². The molecule has 0 spiro atoms. The van der Waals surface area contributed by atoms with E-state index in [2.05, 4.69) is 15.4 Å². The van der Waals surface area contributed by atoms with Crippen molar-refractivity contribution in [2.75, 3.05) is 26.6 Å². The van der Waals surface area contributed by atoms with E-state index in [4.69, 9.17) is 14.2 Å². The van der Waals surface area contributed by atoms with Gasteiger partial charge in [0.25, 0.3) is 12.3 Å². The van der Waals surface area contributed by atoms with Gasteiger partial charge in [-0.3, -0.25) is 4.79 Å². The number of esters is 2.